The molecule has 17 heavy (non-hydrogen) atoms. The Morgan fingerprint density at radius 3 is 2.71 bits per heavy atom. The lowest BCUT2D eigenvalue weighted by atomic mass is 9.97. The summed E-state index contributed by atoms with van der Waals surface area (Å²) < 4.78 is 1.99. The lowest BCUT2D eigenvalue weighted by molar-refractivity contribution is 0.138. The first-order chi connectivity index (χ1) is 8.22. The Morgan fingerprint density at radius 2 is 1.94 bits per heavy atom. The fourth-order valence-corrected chi connectivity index (χ4v) is 2.75. The molecule has 1 aromatic heterocycles. The Morgan fingerprint density at radius 1 is 1.18 bits per heavy atom. The number of hydrogen-bond acceptors (Lipinski definition) is 4. The monoisotopic (exact) mass is 236 g/mol. The predicted molar refractivity (Wildman–Crippen MR) is 63.8 cm³/mol. The van der Waals surface area contributed by atoms with E-state index in [2.05, 4.69) is 22.0 Å². The molecule has 94 valence electrons. The highest BCUT2D eigenvalue weighted by molar-refractivity contribution is 5.03. The number of rotatable bonds is 1. The summed E-state index contributed by atoms with van der Waals surface area (Å²) in [7, 11) is 2.16. The van der Waals surface area contributed by atoms with Gasteiger partial charge in [-0.3, -0.25) is 0 Å². The van der Waals surface area contributed by atoms with E-state index in [4.69, 9.17) is 0 Å². The van der Waals surface area contributed by atoms with Crippen LogP contribution in [-0.2, 0) is 13.0 Å². The van der Waals surface area contributed by atoms with Gasteiger partial charge in [0.2, 0.25) is 0 Å². The quantitative estimate of drug-likeness (QED) is 0.766. The normalized spacial score (nSPS) is 27.1. The lowest BCUT2D eigenvalue weighted by Crippen LogP contribution is -2.29. The second kappa shape index (κ2) is 4.38. The minimum Gasteiger partial charge on any atom is -0.393 e. The molecule has 1 atom stereocenters. The average molecular weight is 236 g/mol. The summed E-state index contributed by atoms with van der Waals surface area (Å²) in [5, 5.41) is 14.2. The predicted octanol–water partition coefficient (Wildman–Crippen LogP) is 0.394. The molecule has 0 amide bonds. The van der Waals surface area contributed by atoms with Crippen LogP contribution in [-0.4, -0.2) is 51.0 Å². The second-order valence-corrected chi connectivity index (χ2v) is 5.33. The van der Waals surface area contributed by atoms with Crippen LogP contribution in [0.4, 0.5) is 0 Å². The van der Waals surface area contributed by atoms with Crippen LogP contribution < -0.4 is 0 Å². The third-order valence-corrected chi connectivity index (χ3v) is 3.94. The van der Waals surface area contributed by atoms with Crippen molar-refractivity contribution in [2.24, 2.45) is 0 Å². The first-order valence-corrected chi connectivity index (χ1v) is 6.52. The number of aliphatic hydroxyl groups excluding tert-OH is 1. The SMILES string of the molecule is CN1CCC(c2nc3n(n2)CCC(O)C3)CC1. The molecule has 0 aromatic carbocycles. The molecule has 0 radical (unpaired) electrons. The number of aromatic nitrogens is 3. The average Bonchev–Trinajstić information content (AvgIpc) is 2.72. The van der Waals surface area contributed by atoms with Crippen molar-refractivity contribution in [2.45, 2.75) is 44.2 Å². The van der Waals surface area contributed by atoms with Gasteiger partial charge in [0.05, 0.1) is 6.10 Å². The van der Waals surface area contributed by atoms with Crippen molar-refractivity contribution in [2.75, 3.05) is 20.1 Å². The molecule has 3 rings (SSSR count). The molecule has 2 aliphatic heterocycles. The van der Waals surface area contributed by atoms with E-state index in [-0.39, 0.29) is 6.10 Å². The molecule has 2 aliphatic rings. The second-order valence-electron chi connectivity index (χ2n) is 5.33. The molecule has 1 aromatic rings. The minimum absolute atomic E-state index is 0.225. The molecule has 0 aliphatic carbocycles. The van der Waals surface area contributed by atoms with Crippen molar-refractivity contribution in [3.63, 3.8) is 0 Å². The Bertz CT molecular complexity index is 395. The molecular weight excluding hydrogens is 216 g/mol. The van der Waals surface area contributed by atoms with Gasteiger partial charge in [-0.15, -0.1) is 0 Å². The van der Waals surface area contributed by atoms with Crippen molar-refractivity contribution in [3.05, 3.63) is 11.6 Å². The molecule has 5 heteroatoms. The maximum atomic E-state index is 9.62. The van der Waals surface area contributed by atoms with Crippen LogP contribution in [0.25, 0.3) is 0 Å². The third-order valence-electron chi connectivity index (χ3n) is 3.94. The topological polar surface area (TPSA) is 54.2 Å². The minimum atomic E-state index is -0.225. The van der Waals surface area contributed by atoms with Gasteiger partial charge in [0.1, 0.15) is 5.82 Å². The molecule has 3 heterocycles. The van der Waals surface area contributed by atoms with Crippen LogP contribution in [0.3, 0.4) is 0 Å². The van der Waals surface area contributed by atoms with Crippen LogP contribution in [0.1, 0.15) is 36.8 Å². The third kappa shape index (κ3) is 2.21. The van der Waals surface area contributed by atoms with Crippen molar-refractivity contribution in [1.29, 1.82) is 0 Å². The van der Waals surface area contributed by atoms with E-state index in [1.165, 1.54) is 0 Å². The maximum absolute atomic E-state index is 9.62. The molecule has 1 N–H and O–H groups in total. The van der Waals surface area contributed by atoms with Crippen molar-refractivity contribution >= 4 is 0 Å². The summed E-state index contributed by atoms with van der Waals surface area (Å²) in [6, 6.07) is 0. The van der Waals surface area contributed by atoms with Crippen molar-refractivity contribution in [1.82, 2.24) is 19.7 Å². The van der Waals surface area contributed by atoms with Crippen LogP contribution in [0.15, 0.2) is 0 Å². The number of aliphatic hydroxyl groups is 1. The Kier molecular flexibility index (Phi) is 2.88. The zero-order chi connectivity index (χ0) is 11.8. The van der Waals surface area contributed by atoms with E-state index in [9.17, 15) is 5.11 Å². The molecule has 0 spiro atoms. The van der Waals surface area contributed by atoms with Gasteiger partial charge in [-0.25, -0.2) is 9.67 Å². The van der Waals surface area contributed by atoms with E-state index in [0.717, 1.165) is 50.5 Å². The Hall–Kier alpha value is -0.940. The van der Waals surface area contributed by atoms with E-state index in [1.54, 1.807) is 0 Å². The summed E-state index contributed by atoms with van der Waals surface area (Å²) in [6.45, 7) is 3.09. The molecule has 1 fully saturated rings. The number of nitrogens with zero attached hydrogens (tertiary/aromatic N) is 4. The van der Waals surface area contributed by atoms with Crippen molar-refractivity contribution in [3.8, 4) is 0 Å². The highest BCUT2D eigenvalue weighted by Crippen LogP contribution is 2.26. The van der Waals surface area contributed by atoms with Gasteiger partial charge in [0, 0.05) is 18.9 Å². The summed E-state index contributed by atoms with van der Waals surface area (Å²) in [4.78, 5) is 6.98. The van der Waals surface area contributed by atoms with Crippen LogP contribution in [0, 0.1) is 0 Å². The van der Waals surface area contributed by atoms with E-state index >= 15 is 0 Å². The van der Waals surface area contributed by atoms with Gasteiger partial charge in [-0.05, 0) is 39.4 Å². The van der Waals surface area contributed by atoms with E-state index in [1.807, 2.05) is 4.68 Å². The molecule has 0 bridgehead atoms. The molecule has 0 saturated carbocycles. The van der Waals surface area contributed by atoms with Gasteiger partial charge < -0.3 is 10.0 Å². The number of piperidine rings is 1. The van der Waals surface area contributed by atoms with Crippen molar-refractivity contribution < 1.29 is 5.11 Å². The maximum Gasteiger partial charge on any atom is 0.154 e. The van der Waals surface area contributed by atoms with Gasteiger partial charge in [0.15, 0.2) is 5.82 Å². The van der Waals surface area contributed by atoms with Crippen LogP contribution >= 0.6 is 0 Å². The Labute approximate surface area is 101 Å². The molecule has 1 saturated heterocycles. The summed E-state index contributed by atoms with van der Waals surface area (Å²) >= 11 is 0. The van der Waals surface area contributed by atoms with Gasteiger partial charge in [0.25, 0.3) is 0 Å². The van der Waals surface area contributed by atoms with Gasteiger partial charge in [-0.2, -0.15) is 5.10 Å². The molecular formula is C12H20N4O. The first kappa shape index (κ1) is 11.2. The number of likely N-dealkylation sites (tertiary alicyclic amines) is 1. The number of hydrogen-bond donors (Lipinski definition) is 1. The van der Waals surface area contributed by atoms with Gasteiger partial charge in [-0.1, -0.05) is 0 Å². The first-order valence-electron chi connectivity index (χ1n) is 6.52. The van der Waals surface area contributed by atoms with E-state index < -0.39 is 0 Å². The Balaban J connectivity index is 1.76. The zero-order valence-corrected chi connectivity index (χ0v) is 10.3. The largest absolute Gasteiger partial charge is 0.393 e. The summed E-state index contributed by atoms with van der Waals surface area (Å²) in [5.41, 5.74) is 0. The fraction of sp³-hybridized carbons (Fsp3) is 0.833. The van der Waals surface area contributed by atoms with E-state index in [0.29, 0.717) is 12.3 Å². The molecule has 1 unspecified atom stereocenters. The van der Waals surface area contributed by atoms with Crippen LogP contribution in [0.2, 0.25) is 0 Å². The lowest BCUT2D eigenvalue weighted by Gasteiger charge is -2.27. The molecule has 5 nitrogen and oxygen atoms in total. The number of aryl methyl sites for hydroxylation is 1. The highest BCUT2D eigenvalue weighted by Gasteiger charge is 2.25. The standard InChI is InChI=1S/C12H20N4O/c1-15-5-2-9(3-6-15)12-13-11-8-10(17)4-7-16(11)14-12/h9-10,17H,2-8H2,1H3. The number of fused-ring (bicyclic) bond motifs is 1. The highest BCUT2D eigenvalue weighted by atomic mass is 16.3. The zero-order valence-electron chi connectivity index (χ0n) is 10.3. The summed E-state index contributed by atoms with van der Waals surface area (Å²) in [5.74, 6) is 2.49. The van der Waals surface area contributed by atoms with Crippen LogP contribution in [0.5, 0.6) is 0 Å². The van der Waals surface area contributed by atoms with Gasteiger partial charge >= 0.3 is 0 Å². The smallest absolute Gasteiger partial charge is 0.154 e. The summed E-state index contributed by atoms with van der Waals surface area (Å²) in [6.07, 6.45) is 3.56. The fourth-order valence-electron chi connectivity index (χ4n) is 2.75.